The minimum atomic E-state index is -0.309. The molecule has 0 N–H and O–H groups in total. The molecule has 2 aromatic heterocycles. The fraction of sp³-hybridized carbons (Fsp3) is 0.316. The highest BCUT2D eigenvalue weighted by atomic mass is 16.3. The van der Waals surface area contributed by atoms with Crippen molar-refractivity contribution < 1.29 is 8.83 Å². The zero-order chi connectivity index (χ0) is 59.2. The molecule has 0 saturated heterocycles. The van der Waals surface area contributed by atoms with E-state index in [1.807, 2.05) is 0 Å². The number of anilines is 8. The van der Waals surface area contributed by atoms with E-state index in [0.29, 0.717) is 0 Å². The zero-order valence-electron chi connectivity index (χ0n) is 52.7. The molecule has 426 valence electrons. The second kappa shape index (κ2) is 18.0. The third kappa shape index (κ3) is 8.09. The molecule has 4 heterocycles. The summed E-state index contributed by atoms with van der Waals surface area (Å²) >= 11 is 0. The van der Waals surface area contributed by atoms with Crippen molar-refractivity contribution in [2.24, 2.45) is 0 Å². The van der Waals surface area contributed by atoms with Crippen LogP contribution < -0.4 is 25.5 Å². The summed E-state index contributed by atoms with van der Waals surface area (Å²) in [7, 11) is 0. The Bertz CT molecular complexity index is 4530. The third-order valence-electron chi connectivity index (χ3n) is 20.8. The molecule has 85 heavy (non-hydrogen) atoms. The van der Waals surface area contributed by atoms with Gasteiger partial charge in [-0.15, -0.1) is 0 Å². The number of aryl methyl sites for hydroxylation is 1. The molecule has 5 nitrogen and oxygen atoms in total. The van der Waals surface area contributed by atoms with Gasteiger partial charge in [0.2, 0.25) is 0 Å². The first-order chi connectivity index (χ1) is 40.3. The van der Waals surface area contributed by atoms with Gasteiger partial charge >= 0.3 is 6.85 Å². The maximum Gasteiger partial charge on any atom is 0.333 e. The quantitative estimate of drug-likeness (QED) is 0.161. The second-order valence-corrected chi connectivity index (χ2v) is 30.3. The van der Waals surface area contributed by atoms with E-state index in [0.717, 1.165) is 103 Å². The Morgan fingerprint density at radius 3 is 1.58 bits per heavy atom. The van der Waals surface area contributed by atoms with Crippen LogP contribution in [0, 0.1) is 6.92 Å². The molecule has 0 saturated carbocycles. The molecule has 0 radical (unpaired) electrons. The van der Waals surface area contributed by atoms with Crippen LogP contribution in [0.2, 0.25) is 0 Å². The summed E-state index contributed by atoms with van der Waals surface area (Å²) in [5.41, 5.74) is 27.1. The fourth-order valence-corrected chi connectivity index (χ4v) is 15.5. The van der Waals surface area contributed by atoms with Gasteiger partial charge in [0.25, 0.3) is 0 Å². The normalized spacial score (nSPS) is 17.2. The van der Waals surface area contributed by atoms with Gasteiger partial charge in [0, 0.05) is 78.2 Å². The SMILES string of the molecule is Cc1cc2c(cc1N1c3ccc(N(c4ccc(C(C)(C)C)cc4)c4ccc(C(C)(C)C)cc4)cc3B3c4c1cc1c(oc5ccccc51)c4-c1c(ccc4oc5ccccc5c14)N3c1ccc3c(c1)C(C)(C)CCC3(C)C)C(C)(C)CCC2(C)C. The van der Waals surface area contributed by atoms with E-state index in [1.54, 1.807) is 0 Å². The van der Waals surface area contributed by atoms with Crippen LogP contribution in [0.4, 0.5) is 45.5 Å². The van der Waals surface area contributed by atoms with Gasteiger partial charge in [-0.2, -0.15) is 0 Å². The van der Waals surface area contributed by atoms with Crippen molar-refractivity contribution in [3.8, 4) is 11.1 Å². The van der Waals surface area contributed by atoms with E-state index in [4.69, 9.17) is 8.83 Å². The molecule has 6 heteroatoms. The Hall–Kier alpha value is -7.96. The van der Waals surface area contributed by atoms with E-state index < -0.39 is 0 Å². The number of rotatable bonds is 5. The summed E-state index contributed by atoms with van der Waals surface area (Å²) in [6.45, 7) is 35.5. The minimum absolute atomic E-state index is 0.000156. The molecule has 0 spiro atoms. The standard InChI is InChI=1S/C79H80BN3O2/c1-47-42-58-60(79(14,15)41-40-77(58,10)11)46-64(47)82-62-35-33-52(81(50-28-24-48(25-29-50)74(2,3)4)51-30-26-49(27-31-51)75(5,6)7)44-61(62)80-72-65(82)45-56-54-20-16-18-22-66(54)85-73(56)71(72)70-63(36-37-68-69(70)55-21-17-19-23-67(55)84-68)83(80)53-32-34-57-59(43-53)78(12,13)39-38-76(57,8)9/h16-37,42-46H,38-41H2,1-15H3. The molecule has 0 atom stereocenters. The first-order valence-electron chi connectivity index (χ1n) is 31.3. The topological polar surface area (TPSA) is 36.0 Å². The summed E-state index contributed by atoms with van der Waals surface area (Å²) < 4.78 is 14.4. The van der Waals surface area contributed by atoms with Gasteiger partial charge in [-0.05, 0) is 206 Å². The van der Waals surface area contributed by atoms with Gasteiger partial charge < -0.3 is 23.4 Å². The van der Waals surface area contributed by atoms with Gasteiger partial charge in [0.05, 0.1) is 0 Å². The van der Waals surface area contributed by atoms with Gasteiger partial charge in [-0.1, -0.05) is 170 Å². The van der Waals surface area contributed by atoms with Crippen molar-refractivity contribution in [1.82, 2.24) is 0 Å². The lowest BCUT2D eigenvalue weighted by Crippen LogP contribution is -2.61. The van der Waals surface area contributed by atoms with E-state index in [-0.39, 0.29) is 39.3 Å². The minimum Gasteiger partial charge on any atom is -0.456 e. The number of nitrogens with zero attached hydrogens (tertiary/aromatic N) is 3. The van der Waals surface area contributed by atoms with Crippen LogP contribution in [-0.4, -0.2) is 6.85 Å². The van der Waals surface area contributed by atoms with E-state index in [9.17, 15) is 0 Å². The summed E-state index contributed by atoms with van der Waals surface area (Å²) in [6.07, 6.45) is 4.54. The molecule has 4 aliphatic rings. The maximum absolute atomic E-state index is 7.43. The Morgan fingerprint density at radius 1 is 0.435 bits per heavy atom. The van der Waals surface area contributed by atoms with Crippen molar-refractivity contribution in [2.45, 2.75) is 162 Å². The molecule has 0 bridgehead atoms. The van der Waals surface area contributed by atoms with Gasteiger partial charge in [0.1, 0.15) is 22.3 Å². The lowest BCUT2D eigenvalue weighted by atomic mass is 9.43. The molecular formula is C79H80BN3O2. The average molecular weight is 1110 g/mol. The Labute approximate surface area is 503 Å². The summed E-state index contributed by atoms with van der Waals surface area (Å²) in [6, 6.07) is 63.0. The fourth-order valence-electron chi connectivity index (χ4n) is 15.5. The largest absolute Gasteiger partial charge is 0.456 e. The number of hydrogen-bond donors (Lipinski definition) is 0. The summed E-state index contributed by atoms with van der Waals surface area (Å²) in [5, 5.41) is 4.42. The number of para-hydroxylation sites is 2. The number of hydrogen-bond acceptors (Lipinski definition) is 5. The molecule has 0 fully saturated rings. The van der Waals surface area contributed by atoms with Gasteiger partial charge in [-0.25, -0.2) is 0 Å². The Balaban J connectivity index is 1.10. The second-order valence-electron chi connectivity index (χ2n) is 30.3. The van der Waals surface area contributed by atoms with Crippen molar-refractivity contribution in [1.29, 1.82) is 0 Å². The van der Waals surface area contributed by atoms with Crippen molar-refractivity contribution in [2.75, 3.05) is 14.6 Å². The highest BCUT2D eigenvalue weighted by molar-refractivity contribution is 6.94. The summed E-state index contributed by atoms with van der Waals surface area (Å²) in [4.78, 5) is 7.88. The predicted octanol–water partition coefficient (Wildman–Crippen LogP) is 21.3. The molecule has 9 aromatic carbocycles. The van der Waals surface area contributed by atoms with Crippen LogP contribution in [-0.2, 0) is 32.5 Å². The number of benzene rings is 9. The average Bonchev–Trinajstić information content (AvgIpc) is 1.68. The first kappa shape index (κ1) is 53.7. The number of furan rings is 2. The van der Waals surface area contributed by atoms with Crippen molar-refractivity contribution in [3.05, 3.63) is 203 Å². The smallest absolute Gasteiger partial charge is 0.333 e. The zero-order valence-corrected chi connectivity index (χ0v) is 52.7. The van der Waals surface area contributed by atoms with E-state index >= 15 is 0 Å². The molecular weight excluding hydrogens is 1030 g/mol. The lowest BCUT2D eigenvalue weighted by molar-refractivity contribution is 0.332. The predicted molar refractivity (Wildman–Crippen MR) is 362 cm³/mol. The molecule has 15 rings (SSSR count). The maximum atomic E-state index is 7.43. The van der Waals surface area contributed by atoms with E-state index in [1.165, 1.54) is 72.6 Å². The third-order valence-corrected chi connectivity index (χ3v) is 20.8. The molecule has 2 aliphatic carbocycles. The van der Waals surface area contributed by atoms with Crippen LogP contribution in [0.1, 0.15) is 162 Å². The van der Waals surface area contributed by atoms with Crippen LogP contribution in [0.15, 0.2) is 173 Å². The molecule has 11 aromatic rings. The van der Waals surface area contributed by atoms with Gasteiger partial charge in [0.15, 0.2) is 0 Å². The van der Waals surface area contributed by atoms with Crippen molar-refractivity contribution >= 4 is 107 Å². The van der Waals surface area contributed by atoms with Crippen LogP contribution in [0.25, 0.3) is 55.0 Å². The summed E-state index contributed by atoms with van der Waals surface area (Å²) in [5.74, 6) is 0. The number of fused-ring (bicyclic) bond motifs is 14. The Kier molecular flexibility index (Phi) is 11.4. The first-order valence-corrected chi connectivity index (χ1v) is 31.3. The molecule has 0 amide bonds. The molecule has 2 aliphatic heterocycles. The lowest BCUT2D eigenvalue weighted by Gasteiger charge is -2.48. The van der Waals surface area contributed by atoms with Crippen LogP contribution >= 0.6 is 0 Å². The Morgan fingerprint density at radius 2 is 0.965 bits per heavy atom. The molecule has 0 unspecified atom stereocenters. The highest BCUT2D eigenvalue weighted by Crippen LogP contribution is 2.57. The van der Waals surface area contributed by atoms with Crippen molar-refractivity contribution in [3.63, 3.8) is 0 Å². The highest BCUT2D eigenvalue weighted by Gasteiger charge is 2.49. The monoisotopic (exact) mass is 1110 g/mol. The van der Waals surface area contributed by atoms with E-state index in [2.05, 4.69) is 282 Å². The van der Waals surface area contributed by atoms with Crippen LogP contribution in [0.5, 0.6) is 0 Å². The van der Waals surface area contributed by atoms with Gasteiger partial charge in [-0.3, -0.25) is 0 Å². The van der Waals surface area contributed by atoms with Crippen LogP contribution in [0.3, 0.4) is 0 Å².